The molecule has 11 heteroatoms. The molecule has 156 valence electrons. The van der Waals surface area contributed by atoms with Gasteiger partial charge in [0.15, 0.2) is 9.90 Å². The number of ether oxygens (including phenoxy) is 1. The van der Waals surface area contributed by atoms with Crippen LogP contribution in [0.1, 0.15) is 21.9 Å². The molecule has 0 aliphatic carbocycles. The fourth-order valence-electron chi connectivity index (χ4n) is 3.08. The monoisotopic (exact) mass is 443 g/mol. The molecule has 9 nitrogen and oxygen atoms in total. The SMILES string of the molecule is C=CCn1c(Cc2csc(NC(=O)c3ccc(N4CCOCC4)nc3)n2)n[nH]c1=S. The van der Waals surface area contributed by atoms with E-state index in [0.717, 1.165) is 30.4 Å². The Labute approximate surface area is 182 Å². The minimum absolute atomic E-state index is 0.244. The number of rotatable bonds is 7. The highest BCUT2D eigenvalue weighted by atomic mass is 32.1. The summed E-state index contributed by atoms with van der Waals surface area (Å²) in [4.78, 5) is 23.6. The Morgan fingerprint density at radius 2 is 2.23 bits per heavy atom. The summed E-state index contributed by atoms with van der Waals surface area (Å²) in [5.74, 6) is 1.37. The Bertz CT molecular complexity index is 1080. The average Bonchev–Trinajstić information content (AvgIpc) is 3.36. The van der Waals surface area contributed by atoms with E-state index in [1.54, 1.807) is 18.3 Å². The molecule has 0 bridgehead atoms. The second-order valence-electron chi connectivity index (χ2n) is 6.62. The highest BCUT2D eigenvalue weighted by Gasteiger charge is 2.15. The molecule has 0 saturated carbocycles. The number of aromatic nitrogens is 5. The maximum Gasteiger partial charge on any atom is 0.259 e. The molecule has 1 fully saturated rings. The van der Waals surface area contributed by atoms with Crippen molar-refractivity contribution < 1.29 is 9.53 Å². The van der Waals surface area contributed by atoms with Gasteiger partial charge in [0.05, 0.1) is 30.9 Å². The lowest BCUT2D eigenvalue weighted by Gasteiger charge is -2.27. The van der Waals surface area contributed by atoms with Crippen molar-refractivity contribution in [1.29, 1.82) is 0 Å². The Balaban J connectivity index is 1.39. The van der Waals surface area contributed by atoms with Crippen molar-refractivity contribution in [2.45, 2.75) is 13.0 Å². The molecule has 3 aromatic heterocycles. The quantitative estimate of drug-likeness (QED) is 0.428. The number of hydrogen-bond acceptors (Lipinski definition) is 8. The summed E-state index contributed by atoms with van der Waals surface area (Å²) in [6.45, 7) is 7.30. The molecule has 0 atom stereocenters. The maximum absolute atomic E-state index is 12.5. The van der Waals surface area contributed by atoms with E-state index in [9.17, 15) is 4.79 Å². The van der Waals surface area contributed by atoms with Crippen LogP contribution in [0.2, 0.25) is 0 Å². The third-order valence-electron chi connectivity index (χ3n) is 4.61. The highest BCUT2D eigenvalue weighted by Crippen LogP contribution is 2.19. The zero-order valence-corrected chi connectivity index (χ0v) is 17.8. The van der Waals surface area contributed by atoms with E-state index < -0.39 is 0 Å². The fourth-order valence-corrected chi connectivity index (χ4v) is 4.01. The van der Waals surface area contributed by atoms with Gasteiger partial charge < -0.3 is 9.64 Å². The molecule has 0 aromatic carbocycles. The Morgan fingerprint density at radius 3 is 2.97 bits per heavy atom. The molecule has 1 aliphatic rings. The van der Waals surface area contributed by atoms with E-state index in [1.807, 2.05) is 16.0 Å². The van der Waals surface area contributed by atoms with E-state index >= 15 is 0 Å². The molecule has 0 radical (unpaired) electrons. The van der Waals surface area contributed by atoms with Gasteiger partial charge in [-0.3, -0.25) is 19.8 Å². The van der Waals surface area contributed by atoms with Crippen molar-refractivity contribution in [2.24, 2.45) is 0 Å². The van der Waals surface area contributed by atoms with Crippen LogP contribution >= 0.6 is 23.6 Å². The van der Waals surface area contributed by atoms with E-state index in [2.05, 4.69) is 37.0 Å². The van der Waals surface area contributed by atoms with Crippen molar-refractivity contribution in [2.75, 3.05) is 36.5 Å². The fraction of sp³-hybridized carbons (Fsp3) is 0.316. The van der Waals surface area contributed by atoms with Gasteiger partial charge in [0.25, 0.3) is 5.91 Å². The zero-order chi connectivity index (χ0) is 20.9. The molecule has 0 spiro atoms. The van der Waals surface area contributed by atoms with Gasteiger partial charge in [0, 0.05) is 31.2 Å². The van der Waals surface area contributed by atoms with Gasteiger partial charge in [-0.2, -0.15) is 5.10 Å². The number of thiazole rings is 1. The smallest absolute Gasteiger partial charge is 0.259 e. The molecule has 1 saturated heterocycles. The number of aromatic amines is 1. The van der Waals surface area contributed by atoms with Crippen LogP contribution in [-0.2, 0) is 17.7 Å². The maximum atomic E-state index is 12.5. The number of carbonyl (C=O) groups excluding carboxylic acids is 1. The first-order chi connectivity index (χ1) is 14.6. The zero-order valence-electron chi connectivity index (χ0n) is 16.2. The standard InChI is InChI=1S/C19H21N7O2S2/c1-2-5-26-16(23-24-19(26)29)10-14-12-30-18(21-14)22-17(27)13-3-4-15(20-11-13)25-6-8-28-9-7-25/h2-4,11-12H,1,5-10H2,(H,24,29)(H,21,22,27). The third kappa shape index (κ3) is 4.64. The predicted molar refractivity (Wildman–Crippen MR) is 118 cm³/mol. The summed E-state index contributed by atoms with van der Waals surface area (Å²) in [5.41, 5.74) is 1.28. The molecular weight excluding hydrogens is 422 g/mol. The number of H-pyrrole nitrogens is 1. The number of carbonyl (C=O) groups is 1. The topological polar surface area (TPSA) is 101 Å². The number of pyridine rings is 1. The Kier molecular flexibility index (Phi) is 6.31. The minimum Gasteiger partial charge on any atom is -0.378 e. The van der Waals surface area contributed by atoms with Crippen LogP contribution in [0.25, 0.3) is 0 Å². The number of amides is 1. The van der Waals surface area contributed by atoms with Crippen LogP contribution in [0.4, 0.5) is 10.9 Å². The number of morpholine rings is 1. The predicted octanol–water partition coefficient (Wildman–Crippen LogP) is 2.66. The lowest BCUT2D eigenvalue weighted by molar-refractivity contribution is 0.102. The van der Waals surface area contributed by atoms with Gasteiger partial charge in [-0.1, -0.05) is 6.08 Å². The molecule has 2 N–H and O–H groups in total. The summed E-state index contributed by atoms with van der Waals surface area (Å²) < 4.78 is 7.76. The first-order valence-electron chi connectivity index (χ1n) is 9.43. The summed E-state index contributed by atoms with van der Waals surface area (Å²) in [7, 11) is 0. The molecular formula is C19H21N7O2S2. The summed E-state index contributed by atoms with van der Waals surface area (Å²) >= 11 is 6.59. The summed E-state index contributed by atoms with van der Waals surface area (Å²) in [6.07, 6.45) is 3.85. The van der Waals surface area contributed by atoms with E-state index in [0.29, 0.717) is 41.6 Å². The molecule has 0 unspecified atom stereocenters. The largest absolute Gasteiger partial charge is 0.378 e. The second-order valence-corrected chi connectivity index (χ2v) is 7.87. The van der Waals surface area contributed by atoms with Crippen molar-refractivity contribution in [3.63, 3.8) is 0 Å². The van der Waals surface area contributed by atoms with Crippen LogP contribution in [0.15, 0.2) is 36.4 Å². The minimum atomic E-state index is -0.244. The highest BCUT2D eigenvalue weighted by molar-refractivity contribution is 7.71. The van der Waals surface area contributed by atoms with Gasteiger partial charge in [-0.05, 0) is 24.4 Å². The van der Waals surface area contributed by atoms with Crippen LogP contribution in [-0.4, -0.2) is 56.9 Å². The van der Waals surface area contributed by atoms with Gasteiger partial charge >= 0.3 is 0 Å². The van der Waals surface area contributed by atoms with Gasteiger partial charge in [0.2, 0.25) is 0 Å². The number of nitrogens with one attached hydrogen (secondary N) is 2. The lowest BCUT2D eigenvalue weighted by Crippen LogP contribution is -2.36. The summed E-state index contributed by atoms with van der Waals surface area (Å²) in [6, 6.07) is 3.63. The third-order valence-corrected chi connectivity index (χ3v) is 5.72. The lowest BCUT2D eigenvalue weighted by atomic mass is 10.2. The van der Waals surface area contributed by atoms with Crippen molar-refractivity contribution in [3.05, 3.63) is 58.2 Å². The molecule has 1 amide bonds. The Hall–Kier alpha value is -2.89. The number of hydrogen-bond donors (Lipinski definition) is 2. The first-order valence-corrected chi connectivity index (χ1v) is 10.7. The van der Waals surface area contributed by atoms with Crippen LogP contribution < -0.4 is 10.2 Å². The molecule has 3 aromatic rings. The summed E-state index contributed by atoms with van der Waals surface area (Å²) in [5, 5.41) is 12.3. The number of nitrogens with zero attached hydrogens (tertiary/aromatic N) is 5. The molecule has 4 heterocycles. The van der Waals surface area contributed by atoms with E-state index in [1.165, 1.54) is 11.3 Å². The van der Waals surface area contributed by atoms with Crippen molar-refractivity contribution >= 4 is 40.4 Å². The molecule has 1 aliphatic heterocycles. The van der Waals surface area contributed by atoms with Crippen LogP contribution in [0.3, 0.4) is 0 Å². The number of allylic oxidation sites excluding steroid dienone is 1. The molecule has 4 rings (SSSR count). The van der Waals surface area contributed by atoms with Crippen molar-refractivity contribution in [3.8, 4) is 0 Å². The van der Waals surface area contributed by atoms with Gasteiger partial charge in [-0.25, -0.2) is 9.97 Å². The van der Waals surface area contributed by atoms with Crippen molar-refractivity contribution in [1.82, 2.24) is 24.7 Å². The normalized spacial score (nSPS) is 13.9. The van der Waals surface area contributed by atoms with Gasteiger partial charge in [-0.15, -0.1) is 17.9 Å². The molecule has 30 heavy (non-hydrogen) atoms. The van der Waals surface area contributed by atoms with E-state index in [4.69, 9.17) is 17.0 Å². The van der Waals surface area contributed by atoms with Crippen LogP contribution in [0, 0.1) is 4.77 Å². The van der Waals surface area contributed by atoms with Gasteiger partial charge in [0.1, 0.15) is 11.6 Å². The number of anilines is 2. The van der Waals surface area contributed by atoms with Crippen LogP contribution in [0.5, 0.6) is 0 Å². The first kappa shape index (κ1) is 20.4. The van der Waals surface area contributed by atoms with E-state index in [-0.39, 0.29) is 5.91 Å². The Morgan fingerprint density at radius 1 is 1.40 bits per heavy atom. The second kappa shape index (κ2) is 9.28. The average molecular weight is 444 g/mol.